The number of piperidine rings is 1. The van der Waals surface area contributed by atoms with Crippen molar-refractivity contribution < 1.29 is 14.0 Å². The average molecular weight is 418 g/mol. The topological polar surface area (TPSA) is 62.3 Å². The molecule has 5 nitrogen and oxygen atoms in total. The van der Waals surface area contributed by atoms with E-state index in [-0.39, 0.29) is 28.7 Å². The van der Waals surface area contributed by atoms with E-state index in [1.165, 1.54) is 18.3 Å². The van der Waals surface area contributed by atoms with Crippen LogP contribution in [0.3, 0.4) is 0 Å². The maximum absolute atomic E-state index is 13.4. The van der Waals surface area contributed by atoms with E-state index in [1.807, 2.05) is 25.7 Å². The molecule has 0 aliphatic carbocycles. The molecule has 0 unspecified atom stereocenters. The summed E-state index contributed by atoms with van der Waals surface area (Å²) in [5.41, 5.74) is 0.931. The number of rotatable bonds is 3. The van der Waals surface area contributed by atoms with Gasteiger partial charge >= 0.3 is 0 Å². The Hall–Kier alpha value is -2.47. The second-order valence-corrected chi connectivity index (χ2v) is 8.76. The van der Waals surface area contributed by atoms with Crippen molar-refractivity contribution in [3.05, 3.63) is 52.9 Å². The Morgan fingerprint density at radius 1 is 1.21 bits per heavy atom. The van der Waals surface area contributed by atoms with Crippen LogP contribution in [0, 0.1) is 11.2 Å². The average Bonchev–Trinajstić information content (AvgIpc) is 2.67. The maximum Gasteiger partial charge on any atom is 0.253 e. The minimum Gasteiger partial charge on any atom is -0.349 e. The molecule has 29 heavy (non-hydrogen) atoms. The van der Waals surface area contributed by atoms with Crippen LogP contribution in [0.5, 0.6) is 0 Å². The number of pyridine rings is 1. The Labute approximate surface area is 175 Å². The molecule has 2 aromatic rings. The van der Waals surface area contributed by atoms with Crippen molar-refractivity contribution in [2.45, 2.75) is 39.7 Å². The molecule has 1 aromatic carbocycles. The molecule has 1 fully saturated rings. The lowest BCUT2D eigenvalue weighted by molar-refractivity contribution is -0.140. The number of hydrogen-bond acceptors (Lipinski definition) is 3. The summed E-state index contributed by atoms with van der Waals surface area (Å²) in [7, 11) is 0. The van der Waals surface area contributed by atoms with E-state index in [1.54, 1.807) is 18.2 Å². The van der Waals surface area contributed by atoms with Gasteiger partial charge in [0.2, 0.25) is 5.91 Å². The van der Waals surface area contributed by atoms with Crippen LogP contribution in [-0.2, 0) is 4.79 Å². The fourth-order valence-corrected chi connectivity index (χ4v) is 3.66. The Morgan fingerprint density at radius 3 is 2.48 bits per heavy atom. The van der Waals surface area contributed by atoms with Crippen molar-refractivity contribution in [2.75, 3.05) is 13.1 Å². The molecule has 1 saturated heterocycles. The second kappa shape index (κ2) is 8.49. The lowest BCUT2D eigenvalue weighted by Crippen LogP contribution is -2.49. The van der Waals surface area contributed by atoms with Crippen LogP contribution in [0.2, 0.25) is 5.02 Å². The molecule has 0 spiro atoms. The van der Waals surface area contributed by atoms with E-state index in [0.29, 0.717) is 42.8 Å². The SMILES string of the molecule is CC(C)(C)C(=O)N1CCC(NC(=O)c2cnc(-c3cccc(F)c3)c(Cl)c2)CC1. The third-order valence-corrected chi connectivity index (χ3v) is 5.25. The number of carbonyl (C=O) groups excluding carboxylic acids is 2. The first-order chi connectivity index (χ1) is 13.6. The van der Waals surface area contributed by atoms with Crippen LogP contribution in [0.4, 0.5) is 4.39 Å². The molecule has 2 amide bonds. The molecule has 7 heteroatoms. The summed E-state index contributed by atoms with van der Waals surface area (Å²) >= 11 is 6.29. The van der Waals surface area contributed by atoms with Crippen molar-refractivity contribution in [3.63, 3.8) is 0 Å². The summed E-state index contributed by atoms with van der Waals surface area (Å²) in [6.07, 6.45) is 2.85. The van der Waals surface area contributed by atoms with Gasteiger partial charge in [0.25, 0.3) is 5.91 Å². The maximum atomic E-state index is 13.4. The normalized spacial score (nSPS) is 15.3. The third-order valence-electron chi connectivity index (χ3n) is 4.96. The van der Waals surface area contributed by atoms with Gasteiger partial charge in [-0.3, -0.25) is 14.6 Å². The van der Waals surface area contributed by atoms with E-state index >= 15 is 0 Å². The van der Waals surface area contributed by atoms with Crippen molar-refractivity contribution in [2.24, 2.45) is 5.41 Å². The molecular formula is C22H25ClFN3O2. The monoisotopic (exact) mass is 417 g/mol. The molecule has 1 aliphatic rings. The van der Waals surface area contributed by atoms with Crippen LogP contribution in [0.15, 0.2) is 36.5 Å². The molecule has 1 aliphatic heterocycles. The number of amides is 2. The van der Waals surface area contributed by atoms with Gasteiger partial charge in [-0.05, 0) is 31.0 Å². The Balaban J connectivity index is 1.62. The predicted molar refractivity (Wildman–Crippen MR) is 111 cm³/mol. The summed E-state index contributed by atoms with van der Waals surface area (Å²) < 4.78 is 13.4. The molecule has 0 atom stereocenters. The molecule has 0 radical (unpaired) electrons. The highest BCUT2D eigenvalue weighted by molar-refractivity contribution is 6.33. The number of nitrogens with zero attached hydrogens (tertiary/aromatic N) is 2. The summed E-state index contributed by atoms with van der Waals surface area (Å²) in [5.74, 6) is -0.504. The van der Waals surface area contributed by atoms with Gasteiger partial charge in [0.05, 0.1) is 16.3 Å². The van der Waals surface area contributed by atoms with Crippen LogP contribution >= 0.6 is 11.6 Å². The number of nitrogens with one attached hydrogen (secondary N) is 1. The molecule has 1 aromatic heterocycles. The highest BCUT2D eigenvalue weighted by atomic mass is 35.5. The standard InChI is InChI=1S/C22H25ClFN3O2/c1-22(2,3)21(29)27-9-7-17(8-10-27)26-20(28)15-12-18(23)19(25-13-15)14-5-4-6-16(24)11-14/h4-6,11-13,17H,7-10H2,1-3H3,(H,26,28). The molecule has 1 N–H and O–H groups in total. The molecular weight excluding hydrogens is 393 g/mol. The predicted octanol–water partition coefficient (Wildman–Crippen LogP) is 4.31. The van der Waals surface area contributed by atoms with E-state index < -0.39 is 5.41 Å². The largest absolute Gasteiger partial charge is 0.349 e. The molecule has 0 bridgehead atoms. The zero-order valence-corrected chi connectivity index (χ0v) is 17.6. The minimum atomic E-state index is -0.401. The highest BCUT2D eigenvalue weighted by Gasteiger charge is 2.30. The first-order valence-corrected chi connectivity index (χ1v) is 10.0. The van der Waals surface area contributed by atoms with Crippen molar-refractivity contribution in [1.82, 2.24) is 15.2 Å². The number of likely N-dealkylation sites (tertiary alicyclic amines) is 1. The molecule has 3 rings (SSSR count). The summed E-state index contributed by atoms with van der Waals surface area (Å²) in [6, 6.07) is 7.53. The first-order valence-electron chi connectivity index (χ1n) is 9.67. The number of benzene rings is 1. The highest BCUT2D eigenvalue weighted by Crippen LogP contribution is 2.27. The number of halogens is 2. The van der Waals surface area contributed by atoms with E-state index in [4.69, 9.17) is 11.6 Å². The number of hydrogen-bond donors (Lipinski definition) is 1. The quantitative estimate of drug-likeness (QED) is 0.809. The van der Waals surface area contributed by atoms with Gasteiger partial charge in [0, 0.05) is 36.3 Å². The van der Waals surface area contributed by atoms with Gasteiger partial charge in [0.15, 0.2) is 0 Å². The molecule has 154 valence electrons. The zero-order valence-electron chi connectivity index (χ0n) is 16.8. The molecule has 2 heterocycles. The van der Waals surface area contributed by atoms with E-state index in [9.17, 15) is 14.0 Å². The summed E-state index contributed by atoms with van der Waals surface area (Å²) in [6.45, 7) is 6.98. The second-order valence-electron chi connectivity index (χ2n) is 8.35. The van der Waals surface area contributed by atoms with Crippen LogP contribution < -0.4 is 5.32 Å². The first kappa shape index (κ1) is 21.2. The van der Waals surface area contributed by atoms with Gasteiger partial charge in [0.1, 0.15) is 5.82 Å². The van der Waals surface area contributed by atoms with Gasteiger partial charge in [-0.1, -0.05) is 44.5 Å². The number of carbonyl (C=O) groups is 2. The van der Waals surface area contributed by atoms with Gasteiger partial charge < -0.3 is 10.2 Å². The van der Waals surface area contributed by atoms with Crippen molar-refractivity contribution >= 4 is 23.4 Å². The van der Waals surface area contributed by atoms with E-state index in [2.05, 4.69) is 10.3 Å². The van der Waals surface area contributed by atoms with Gasteiger partial charge in [-0.2, -0.15) is 0 Å². The van der Waals surface area contributed by atoms with Crippen molar-refractivity contribution in [1.29, 1.82) is 0 Å². The Kier molecular flexibility index (Phi) is 6.22. The van der Waals surface area contributed by atoms with Crippen LogP contribution in [0.25, 0.3) is 11.3 Å². The van der Waals surface area contributed by atoms with Crippen molar-refractivity contribution in [3.8, 4) is 11.3 Å². The fraction of sp³-hybridized carbons (Fsp3) is 0.409. The summed E-state index contributed by atoms with van der Waals surface area (Å²) in [4.78, 5) is 31.1. The van der Waals surface area contributed by atoms with Crippen LogP contribution in [-0.4, -0.2) is 40.8 Å². The van der Waals surface area contributed by atoms with Crippen LogP contribution in [0.1, 0.15) is 44.0 Å². The Morgan fingerprint density at radius 2 is 1.90 bits per heavy atom. The van der Waals surface area contributed by atoms with Gasteiger partial charge in [-0.15, -0.1) is 0 Å². The number of aromatic nitrogens is 1. The smallest absolute Gasteiger partial charge is 0.253 e. The minimum absolute atomic E-state index is 0.00631. The fourth-order valence-electron chi connectivity index (χ4n) is 3.38. The lowest BCUT2D eigenvalue weighted by atomic mass is 9.93. The summed E-state index contributed by atoms with van der Waals surface area (Å²) in [5, 5.41) is 3.28. The van der Waals surface area contributed by atoms with E-state index in [0.717, 1.165) is 0 Å². The van der Waals surface area contributed by atoms with Gasteiger partial charge in [-0.25, -0.2) is 4.39 Å². The molecule has 0 saturated carbocycles. The lowest BCUT2D eigenvalue weighted by Gasteiger charge is -2.36. The zero-order chi connectivity index (χ0) is 21.2. The third kappa shape index (κ3) is 5.12. The Bertz CT molecular complexity index is 919.